The Morgan fingerprint density at radius 1 is 1.60 bits per heavy atom. The summed E-state index contributed by atoms with van der Waals surface area (Å²) in [6.07, 6.45) is 5.58. The molecule has 0 radical (unpaired) electrons. The van der Waals surface area contributed by atoms with Crippen LogP contribution in [-0.4, -0.2) is 27.7 Å². The summed E-state index contributed by atoms with van der Waals surface area (Å²) in [5.74, 6) is 1.03. The van der Waals surface area contributed by atoms with E-state index in [1.807, 2.05) is 6.20 Å². The second-order valence-corrected chi connectivity index (χ2v) is 4.10. The van der Waals surface area contributed by atoms with E-state index in [1.165, 1.54) is 0 Å². The summed E-state index contributed by atoms with van der Waals surface area (Å²) < 4.78 is 0. The number of nitrogens with one attached hydrogen (secondary N) is 3. The molecule has 0 bridgehead atoms. The van der Waals surface area contributed by atoms with Gasteiger partial charge in [0.25, 0.3) is 0 Å². The minimum atomic E-state index is 0.384. The molecule has 1 aromatic heterocycles. The summed E-state index contributed by atoms with van der Waals surface area (Å²) in [4.78, 5) is 7.22. The lowest BCUT2D eigenvalue weighted by Crippen LogP contribution is -2.39. The van der Waals surface area contributed by atoms with Gasteiger partial charge in [-0.05, 0) is 32.5 Å². The van der Waals surface area contributed by atoms with Crippen LogP contribution in [0.2, 0.25) is 0 Å². The molecule has 4 nitrogen and oxygen atoms in total. The molecule has 3 N–H and O–H groups in total. The van der Waals surface area contributed by atoms with Crippen LogP contribution in [0.4, 0.5) is 0 Å². The van der Waals surface area contributed by atoms with Gasteiger partial charge in [-0.25, -0.2) is 4.98 Å². The Labute approximate surface area is 95.9 Å². The molecule has 0 fully saturated rings. The Morgan fingerprint density at radius 3 is 3.00 bits per heavy atom. The van der Waals surface area contributed by atoms with Gasteiger partial charge in [0, 0.05) is 31.4 Å². The van der Waals surface area contributed by atoms with Gasteiger partial charge in [-0.15, -0.1) is 0 Å². The van der Waals surface area contributed by atoms with E-state index in [0.29, 0.717) is 6.04 Å². The lowest BCUT2D eigenvalue weighted by molar-refractivity contribution is 0.692. The number of thiocarbonyl (C=S) groups is 1. The van der Waals surface area contributed by atoms with Crippen molar-refractivity contribution in [2.75, 3.05) is 6.54 Å². The molecule has 1 aromatic rings. The highest BCUT2D eigenvalue weighted by molar-refractivity contribution is 7.80. The normalized spacial score (nSPS) is 10.3. The third-order valence-electron chi connectivity index (χ3n) is 1.85. The summed E-state index contributed by atoms with van der Waals surface area (Å²) in [7, 11) is 0. The second-order valence-electron chi connectivity index (χ2n) is 3.69. The summed E-state index contributed by atoms with van der Waals surface area (Å²) in [5.41, 5.74) is 0. The van der Waals surface area contributed by atoms with Crippen molar-refractivity contribution in [2.24, 2.45) is 0 Å². The maximum Gasteiger partial charge on any atom is 0.166 e. The SMILES string of the molecule is CC(C)NC(=S)NCCCc1ncc[nH]1. The fourth-order valence-corrected chi connectivity index (χ4v) is 1.54. The summed E-state index contributed by atoms with van der Waals surface area (Å²) >= 11 is 5.10. The first-order valence-corrected chi connectivity index (χ1v) is 5.62. The largest absolute Gasteiger partial charge is 0.363 e. The predicted molar refractivity (Wildman–Crippen MR) is 65.8 cm³/mol. The van der Waals surface area contributed by atoms with Crippen LogP contribution in [0, 0.1) is 0 Å². The topological polar surface area (TPSA) is 52.7 Å². The van der Waals surface area contributed by atoms with Crippen LogP contribution in [0.3, 0.4) is 0 Å². The Bertz CT molecular complexity index is 282. The first-order chi connectivity index (χ1) is 7.18. The van der Waals surface area contributed by atoms with Crippen LogP contribution in [0.15, 0.2) is 12.4 Å². The van der Waals surface area contributed by atoms with Gasteiger partial charge in [-0.1, -0.05) is 0 Å². The molecule has 0 saturated carbocycles. The smallest absolute Gasteiger partial charge is 0.166 e. The number of nitrogens with zero attached hydrogens (tertiary/aromatic N) is 1. The molecule has 5 heteroatoms. The number of aromatic amines is 1. The maximum absolute atomic E-state index is 5.10. The van der Waals surface area contributed by atoms with E-state index in [1.54, 1.807) is 6.20 Å². The van der Waals surface area contributed by atoms with Gasteiger partial charge in [-0.2, -0.15) is 0 Å². The molecule has 0 saturated heterocycles. The van der Waals surface area contributed by atoms with E-state index in [0.717, 1.165) is 30.3 Å². The van der Waals surface area contributed by atoms with Crippen LogP contribution in [0.25, 0.3) is 0 Å². The van der Waals surface area contributed by atoms with Gasteiger partial charge in [0.1, 0.15) is 5.82 Å². The molecule has 1 heterocycles. The Hall–Kier alpha value is -1.10. The number of rotatable bonds is 5. The van der Waals surface area contributed by atoms with Crippen molar-refractivity contribution >= 4 is 17.3 Å². The van der Waals surface area contributed by atoms with E-state index >= 15 is 0 Å². The monoisotopic (exact) mass is 226 g/mol. The van der Waals surface area contributed by atoms with Gasteiger partial charge in [0.15, 0.2) is 5.11 Å². The van der Waals surface area contributed by atoms with Crippen molar-refractivity contribution in [1.82, 2.24) is 20.6 Å². The Kier molecular flexibility index (Phi) is 5.10. The van der Waals surface area contributed by atoms with Crippen molar-refractivity contribution in [1.29, 1.82) is 0 Å². The van der Waals surface area contributed by atoms with Gasteiger partial charge in [0.2, 0.25) is 0 Å². The van der Waals surface area contributed by atoms with E-state index in [9.17, 15) is 0 Å². The molecule has 84 valence electrons. The zero-order chi connectivity index (χ0) is 11.1. The lowest BCUT2D eigenvalue weighted by atomic mass is 10.3. The molecule has 0 aliphatic rings. The highest BCUT2D eigenvalue weighted by Crippen LogP contribution is 1.93. The van der Waals surface area contributed by atoms with Gasteiger partial charge in [0.05, 0.1) is 0 Å². The van der Waals surface area contributed by atoms with Crippen LogP contribution < -0.4 is 10.6 Å². The zero-order valence-corrected chi connectivity index (χ0v) is 10.0. The van der Waals surface area contributed by atoms with Crippen LogP contribution >= 0.6 is 12.2 Å². The van der Waals surface area contributed by atoms with Gasteiger partial charge in [-0.3, -0.25) is 0 Å². The number of H-pyrrole nitrogens is 1. The predicted octanol–water partition coefficient (Wildman–Crippen LogP) is 1.21. The minimum absolute atomic E-state index is 0.384. The third kappa shape index (κ3) is 5.37. The number of aryl methyl sites for hydroxylation is 1. The van der Waals surface area contributed by atoms with E-state index in [4.69, 9.17) is 12.2 Å². The zero-order valence-electron chi connectivity index (χ0n) is 9.21. The van der Waals surface area contributed by atoms with Crippen molar-refractivity contribution in [3.05, 3.63) is 18.2 Å². The van der Waals surface area contributed by atoms with E-state index < -0.39 is 0 Å². The average molecular weight is 226 g/mol. The highest BCUT2D eigenvalue weighted by Gasteiger charge is 1.98. The highest BCUT2D eigenvalue weighted by atomic mass is 32.1. The van der Waals surface area contributed by atoms with Gasteiger partial charge >= 0.3 is 0 Å². The summed E-state index contributed by atoms with van der Waals surface area (Å²) in [6.45, 7) is 5.01. The number of imidazole rings is 1. The molecular weight excluding hydrogens is 208 g/mol. The van der Waals surface area contributed by atoms with Crippen LogP contribution in [-0.2, 0) is 6.42 Å². The van der Waals surface area contributed by atoms with Crippen molar-refractivity contribution in [2.45, 2.75) is 32.7 Å². The molecule has 0 unspecified atom stereocenters. The number of hydrogen-bond donors (Lipinski definition) is 3. The first-order valence-electron chi connectivity index (χ1n) is 5.21. The molecular formula is C10H18N4S. The molecule has 0 aliphatic heterocycles. The average Bonchev–Trinajstić information content (AvgIpc) is 2.63. The molecule has 15 heavy (non-hydrogen) atoms. The molecule has 0 aliphatic carbocycles. The number of aromatic nitrogens is 2. The van der Waals surface area contributed by atoms with Crippen LogP contribution in [0.5, 0.6) is 0 Å². The Balaban J connectivity index is 2.04. The standard InChI is InChI=1S/C10H18N4S/c1-8(2)14-10(15)13-5-3-4-9-11-6-7-12-9/h6-8H,3-5H2,1-2H3,(H,11,12)(H2,13,14,15). The fraction of sp³-hybridized carbons (Fsp3) is 0.600. The molecule has 1 rings (SSSR count). The molecule has 0 aromatic carbocycles. The maximum atomic E-state index is 5.10. The lowest BCUT2D eigenvalue weighted by Gasteiger charge is -2.12. The third-order valence-corrected chi connectivity index (χ3v) is 2.11. The second kappa shape index (κ2) is 6.40. The molecule has 0 atom stereocenters. The fourth-order valence-electron chi connectivity index (χ4n) is 1.21. The summed E-state index contributed by atoms with van der Waals surface area (Å²) in [5, 5.41) is 7.01. The quantitative estimate of drug-likeness (QED) is 0.522. The van der Waals surface area contributed by atoms with E-state index in [2.05, 4.69) is 34.4 Å². The van der Waals surface area contributed by atoms with E-state index in [-0.39, 0.29) is 0 Å². The molecule has 0 spiro atoms. The Morgan fingerprint density at radius 2 is 2.40 bits per heavy atom. The van der Waals surface area contributed by atoms with Crippen molar-refractivity contribution < 1.29 is 0 Å². The van der Waals surface area contributed by atoms with Crippen molar-refractivity contribution in [3.63, 3.8) is 0 Å². The van der Waals surface area contributed by atoms with Crippen LogP contribution in [0.1, 0.15) is 26.1 Å². The molecule has 0 amide bonds. The van der Waals surface area contributed by atoms with Gasteiger partial charge < -0.3 is 15.6 Å². The minimum Gasteiger partial charge on any atom is -0.363 e. The summed E-state index contributed by atoms with van der Waals surface area (Å²) in [6, 6.07) is 0.384. The first kappa shape index (κ1) is 12.0. The number of hydrogen-bond acceptors (Lipinski definition) is 2. The van der Waals surface area contributed by atoms with Crippen molar-refractivity contribution in [3.8, 4) is 0 Å².